The monoisotopic (exact) mass is 222 g/mol. The Balaban J connectivity index is 1.71. The molecule has 88 valence electrons. The molecule has 1 amide bonds. The summed E-state index contributed by atoms with van der Waals surface area (Å²) in [6.45, 7) is 1.83. The first kappa shape index (κ1) is 11.1. The number of aromatic nitrogens is 2. The van der Waals surface area contributed by atoms with Crippen molar-refractivity contribution < 1.29 is 4.79 Å². The molecule has 1 aromatic rings. The van der Waals surface area contributed by atoms with Crippen molar-refractivity contribution in [3.8, 4) is 0 Å². The van der Waals surface area contributed by atoms with Gasteiger partial charge >= 0.3 is 0 Å². The van der Waals surface area contributed by atoms with Crippen LogP contribution in [0.5, 0.6) is 0 Å². The summed E-state index contributed by atoms with van der Waals surface area (Å²) in [5.74, 6) is -0.0846. The predicted octanol–water partition coefficient (Wildman–Crippen LogP) is 0.292. The molecule has 5 heteroatoms. The van der Waals surface area contributed by atoms with Crippen molar-refractivity contribution in [1.82, 2.24) is 20.2 Å². The van der Waals surface area contributed by atoms with E-state index in [0.29, 0.717) is 18.3 Å². The second-order valence-electron chi connectivity index (χ2n) is 4.26. The minimum absolute atomic E-state index is 0.0846. The zero-order valence-electron chi connectivity index (χ0n) is 9.57. The summed E-state index contributed by atoms with van der Waals surface area (Å²) >= 11 is 0. The summed E-state index contributed by atoms with van der Waals surface area (Å²) in [6, 6.07) is 0.573. The Morgan fingerprint density at radius 1 is 1.75 bits per heavy atom. The minimum Gasteiger partial charge on any atom is -0.351 e. The number of rotatable bonds is 4. The lowest BCUT2D eigenvalue weighted by atomic mass is 10.1. The molecule has 2 N–H and O–H groups in total. The number of nitrogens with one attached hydrogen (secondary N) is 2. The molecule has 2 rings (SSSR count). The zero-order chi connectivity index (χ0) is 11.4. The van der Waals surface area contributed by atoms with E-state index in [-0.39, 0.29) is 5.91 Å². The molecular formula is C11H18N4O. The van der Waals surface area contributed by atoms with Crippen LogP contribution in [0.25, 0.3) is 0 Å². The predicted molar refractivity (Wildman–Crippen MR) is 61.2 cm³/mol. The van der Waals surface area contributed by atoms with Gasteiger partial charge in [0, 0.05) is 25.8 Å². The fourth-order valence-electron chi connectivity index (χ4n) is 1.98. The lowest BCUT2D eigenvalue weighted by Crippen LogP contribution is -2.30. The Bertz CT molecular complexity index is 355. The highest BCUT2D eigenvalue weighted by molar-refractivity contribution is 5.91. The standard InChI is InChI=1S/C11H18N4O/c1-15-7-10(14-8-15)11(16)13-6-4-9-3-2-5-12-9/h7-9,12H,2-6H2,1H3,(H,13,16)/t9-/m0/s1. The van der Waals surface area contributed by atoms with E-state index < -0.39 is 0 Å². The lowest BCUT2D eigenvalue weighted by molar-refractivity contribution is 0.0947. The van der Waals surface area contributed by atoms with Crippen molar-refractivity contribution in [2.45, 2.75) is 25.3 Å². The third-order valence-electron chi connectivity index (χ3n) is 2.88. The number of aryl methyl sites for hydroxylation is 1. The first-order chi connectivity index (χ1) is 7.75. The number of carbonyl (C=O) groups is 1. The van der Waals surface area contributed by atoms with Crippen molar-refractivity contribution in [2.75, 3.05) is 13.1 Å². The van der Waals surface area contributed by atoms with Gasteiger partial charge in [-0.05, 0) is 25.8 Å². The first-order valence-corrected chi connectivity index (χ1v) is 5.75. The zero-order valence-corrected chi connectivity index (χ0v) is 9.57. The summed E-state index contributed by atoms with van der Waals surface area (Å²) in [4.78, 5) is 15.6. The normalized spacial score (nSPS) is 19.9. The molecule has 2 heterocycles. The molecule has 1 aromatic heterocycles. The van der Waals surface area contributed by atoms with E-state index in [9.17, 15) is 4.79 Å². The summed E-state index contributed by atoms with van der Waals surface area (Å²) in [6.07, 6.45) is 6.83. The molecule has 5 nitrogen and oxygen atoms in total. The van der Waals surface area contributed by atoms with Crippen molar-refractivity contribution in [3.05, 3.63) is 18.2 Å². The fourth-order valence-corrected chi connectivity index (χ4v) is 1.98. The molecule has 0 saturated carbocycles. The van der Waals surface area contributed by atoms with Crippen LogP contribution in [0.4, 0.5) is 0 Å². The molecule has 0 aliphatic carbocycles. The molecule has 1 saturated heterocycles. The molecule has 0 radical (unpaired) electrons. The maximum Gasteiger partial charge on any atom is 0.271 e. The molecular weight excluding hydrogens is 204 g/mol. The van der Waals surface area contributed by atoms with Gasteiger partial charge in [0.25, 0.3) is 5.91 Å². The van der Waals surface area contributed by atoms with Gasteiger partial charge in [-0.15, -0.1) is 0 Å². The number of nitrogens with zero attached hydrogens (tertiary/aromatic N) is 2. The highest BCUT2D eigenvalue weighted by atomic mass is 16.1. The van der Waals surface area contributed by atoms with Crippen LogP contribution in [0.3, 0.4) is 0 Å². The van der Waals surface area contributed by atoms with Crippen LogP contribution in [0.1, 0.15) is 29.8 Å². The summed E-state index contributed by atoms with van der Waals surface area (Å²) in [7, 11) is 1.85. The van der Waals surface area contributed by atoms with Gasteiger partial charge < -0.3 is 15.2 Å². The molecule has 0 spiro atoms. The van der Waals surface area contributed by atoms with Crippen LogP contribution in [0, 0.1) is 0 Å². The van der Waals surface area contributed by atoms with Gasteiger partial charge in [-0.2, -0.15) is 0 Å². The van der Waals surface area contributed by atoms with Crippen LogP contribution in [-0.4, -0.2) is 34.6 Å². The Kier molecular flexibility index (Phi) is 3.56. The van der Waals surface area contributed by atoms with E-state index in [2.05, 4.69) is 15.6 Å². The third-order valence-corrected chi connectivity index (χ3v) is 2.88. The van der Waals surface area contributed by atoms with Gasteiger partial charge in [0.05, 0.1) is 6.33 Å². The topological polar surface area (TPSA) is 59.0 Å². The van der Waals surface area contributed by atoms with E-state index in [1.165, 1.54) is 12.8 Å². The van der Waals surface area contributed by atoms with E-state index in [4.69, 9.17) is 0 Å². The second kappa shape index (κ2) is 5.12. The van der Waals surface area contributed by atoms with Crippen molar-refractivity contribution >= 4 is 5.91 Å². The Labute approximate surface area is 95.2 Å². The Hall–Kier alpha value is -1.36. The van der Waals surface area contributed by atoms with Gasteiger partial charge in [-0.25, -0.2) is 4.98 Å². The molecule has 1 atom stereocenters. The quantitative estimate of drug-likeness (QED) is 0.770. The SMILES string of the molecule is Cn1cnc(C(=O)NCC[C@@H]2CCCN2)c1. The third kappa shape index (κ3) is 2.82. The van der Waals surface area contributed by atoms with E-state index >= 15 is 0 Å². The average molecular weight is 222 g/mol. The molecule has 0 aromatic carbocycles. The molecule has 1 aliphatic rings. The second-order valence-corrected chi connectivity index (χ2v) is 4.26. The highest BCUT2D eigenvalue weighted by Crippen LogP contribution is 2.07. The lowest BCUT2D eigenvalue weighted by Gasteiger charge is -2.09. The summed E-state index contributed by atoms with van der Waals surface area (Å²) < 4.78 is 1.77. The highest BCUT2D eigenvalue weighted by Gasteiger charge is 2.14. The Morgan fingerprint density at radius 2 is 2.62 bits per heavy atom. The van der Waals surface area contributed by atoms with E-state index in [1.54, 1.807) is 17.1 Å². The van der Waals surface area contributed by atoms with Gasteiger partial charge in [0.2, 0.25) is 0 Å². The Morgan fingerprint density at radius 3 is 3.25 bits per heavy atom. The van der Waals surface area contributed by atoms with Crippen molar-refractivity contribution in [2.24, 2.45) is 7.05 Å². The van der Waals surface area contributed by atoms with Gasteiger partial charge in [0.15, 0.2) is 0 Å². The van der Waals surface area contributed by atoms with Crippen molar-refractivity contribution in [1.29, 1.82) is 0 Å². The summed E-state index contributed by atoms with van der Waals surface area (Å²) in [5, 5.41) is 6.29. The molecule has 0 bridgehead atoms. The van der Waals surface area contributed by atoms with Crippen LogP contribution in [-0.2, 0) is 7.05 Å². The number of hydrogen-bond donors (Lipinski definition) is 2. The van der Waals surface area contributed by atoms with Crippen LogP contribution in [0.2, 0.25) is 0 Å². The minimum atomic E-state index is -0.0846. The van der Waals surface area contributed by atoms with E-state index in [0.717, 1.165) is 13.0 Å². The fraction of sp³-hybridized carbons (Fsp3) is 0.636. The van der Waals surface area contributed by atoms with Gasteiger partial charge in [-0.1, -0.05) is 0 Å². The first-order valence-electron chi connectivity index (χ1n) is 5.75. The number of amides is 1. The number of hydrogen-bond acceptors (Lipinski definition) is 3. The van der Waals surface area contributed by atoms with Gasteiger partial charge in [0.1, 0.15) is 5.69 Å². The average Bonchev–Trinajstić information content (AvgIpc) is 2.89. The molecule has 1 fully saturated rings. The maximum atomic E-state index is 11.6. The number of imidazole rings is 1. The van der Waals surface area contributed by atoms with E-state index in [1.807, 2.05) is 7.05 Å². The maximum absolute atomic E-state index is 11.6. The smallest absolute Gasteiger partial charge is 0.271 e. The largest absolute Gasteiger partial charge is 0.351 e. The van der Waals surface area contributed by atoms with Crippen LogP contribution in [0.15, 0.2) is 12.5 Å². The van der Waals surface area contributed by atoms with Crippen LogP contribution >= 0.6 is 0 Å². The molecule has 0 unspecified atom stereocenters. The molecule has 16 heavy (non-hydrogen) atoms. The molecule has 1 aliphatic heterocycles. The number of carbonyl (C=O) groups excluding carboxylic acids is 1. The van der Waals surface area contributed by atoms with Crippen molar-refractivity contribution in [3.63, 3.8) is 0 Å². The van der Waals surface area contributed by atoms with Crippen LogP contribution < -0.4 is 10.6 Å². The summed E-state index contributed by atoms with van der Waals surface area (Å²) in [5.41, 5.74) is 0.488. The van der Waals surface area contributed by atoms with Gasteiger partial charge in [-0.3, -0.25) is 4.79 Å².